The van der Waals surface area contributed by atoms with Crippen LogP contribution in [0.5, 0.6) is 0 Å². The molecule has 1 aromatic rings. The fourth-order valence-electron chi connectivity index (χ4n) is 3.69. The summed E-state index contributed by atoms with van der Waals surface area (Å²) in [5.41, 5.74) is -0.313. The highest BCUT2D eigenvalue weighted by Crippen LogP contribution is 2.35. The molecule has 0 radical (unpaired) electrons. The topological polar surface area (TPSA) is 53.2 Å². The first-order chi connectivity index (χ1) is 14.3. The van der Waals surface area contributed by atoms with E-state index in [1.165, 1.54) is 4.57 Å². The maximum absolute atomic E-state index is 14.4. The van der Waals surface area contributed by atoms with E-state index in [-0.39, 0.29) is 43.4 Å². The normalized spacial score (nSPS) is 15.7. The summed E-state index contributed by atoms with van der Waals surface area (Å²) in [4.78, 5) is 24.7. The van der Waals surface area contributed by atoms with Crippen LogP contribution >= 0.6 is 12.2 Å². The van der Waals surface area contributed by atoms with Crippen molar-refractivity contribution in [1.29, 1.82) is 0 Å². The van der Waals surface area contributed by atoms with E-state index in [1.807, 2.05) is 41.5 Å². The number of hydrogen-bond acceptors (Lipinski definition) is 4. The molecule has 5 nitrogen and oxygen atoms in total. The molecule has 3 unspecified atom stereocenters. The van der Waals surface area contributed by atoms with Gasteiger partial charge in [-0.25, -0.2) is 8.78 Å². The number of rotatable bonds is 12. The molecule has 0 aliphatic rings. The van der Waals surface area contributed by atoms with Gasteiger partial charge in [0.25, 0.3) is 5.56 Å². The number of nitrogens with zero attached hydrogens (tertiary/aromatic N) is 2. The Morgan fingerprint density at radius 3 is 2.29 bits per heavy atom. The van der Waals surface area contributed by atoms with E-state index in [0.717, 1.165) is 0 Å². The predicted molar refractivity (Wildman–Crippen MR) is 122 cm³/mol. The number of halogens is 2. The molecule has 0 aliphatic carbocycles. The number of carbonyl (C=O) groups is 1. The average Bonchev–Trinajstić information content (AvgIpc) is 2.68. The number of esters is 1. The maximum Gasteiger partial charge on any atom is 0.312 e. The summed E-state index contributed by atoms with van der Waals surface area (Å²) in [6, 6.07) is 0. The van der Waals surface area contributed by atoms with Gasteiger partial charge in [-0.3, -0.25) is 14.2 Å². The number of hydrogen-bond donors (Lipinski definition) is 0. The molecule has 31 heavy (non-hydrogen) atoms. The van der Waals surface area contributed by atoms with Crippen molar-refractivity contribution < 1.29 is 18.3 Å². The zero-order valence-electron chi connectivity index (χ0n) is 19.9. The summed E-state index contributed by atoms with van der Waals surface area (Å²) in [6.07, 6.45) is -1.47. The van der Waals surface area contributed by atoms with Crippen LogP contribution in [0.3, 0.4) is 0 Å². The van der Waals surface area contributed by atoms with Crippen molar-refractivity contribution in [2.24, 2.45) is 17.3 Å². The molecule has 0 saturated heterocycles. The van der Waals surface area contributed by atoms with Crippen molar-refractivity contribution in [2.75, 3.05) is 6.61 Å². The maximum atomic E-state index is 14.4. The molecule has 0 aromatic carbocycles. The molecule has 1 rings (SSSR count). The van der Waals surface area contributed by atoms with Gasteiger partial charge < -0.3 is 9.30 Å². The first-order valence-corrected chi connectivity index (χ1v) is 11.5. The standard InChI is InChI=1S/C23H38F2N2O3S/c1-8-27-20(28)17(6)14-26(22(27)31)11-9-18(24)19(25)10-12-30-21(29)23(7,16(4)5)13-15(2)3/h14-16,18-19H,8-13H2,1-7H3. The van der Waals surface area contributed by atoms with Crippen LogP contribution in [0, 0.1) is 28.9 Å². The van der Waals surface area contributed by atoms with Gasteiger partial charge in [-0.2, -0.15) is 0 Å². The van der Waals surface area contributed by atoms with Gasteiger partial charge in [-0.1, -0.05) is 27.7 Å². The van der Waals surface area contributed by atoms with Crippen molar-refractivity contribution in [3.05, 3.63) is 26.9 Å². The van der Waals surface area contributed by atoms with E-state index in [2.05, 4.69) is 0 Å². The third-order valence-electron chi connectivity index (χ3n) is 5.96. The van der Waals surface area contributed by atoms with E-state index in [9.17, 15) is 18.4 Å². The Hall–Kier alpha value is -1.57. The summed E-state index contributed by atoms with van der Waals surface area (Å²) in [6.45, 7) is 13.8. The van der Waals surface area contributed by atoms with Crippen LogP contribution in [0.15, 0.2) is 11.0 Å². The van der Waals surface area contributed by atoms with E-state index in [4.69, 9.17) is 17.0 Å². The SMILES string of the molecule is CCn1c(=O)c(C)cn(CCC(F)C(F)CCOC(=O)C(C)(CC(C)C)C(C)C)c1=S. The Morgan fingerprint density at radius 2 is 1.77 bits per heavy atom. The molecule has 1 heterocycles. The van der Waals surface area contributed by atoms with E-state index in [0.29, 0.717) is 29.2 Å². The largest absolute Gasteiger partial charge is 0.465 e. The number of aryl methyl sites for hydroxylation is 2. The lowest BCUT2D eigenvalue weighted by Crippen LogP contribution is -2.37. The monoisotopic (exact) mass is 460 g/mol. The van der Waals surface area contributed by atoms with Crippen LogP contribution in [0.2, 0.25) is 0 Å². The molecule has 178 valence electrons. The van der Waals surface area contributed by atoms with Crippen molar-refractivity contribution in [2.45, 2.75) is 93.2 Å². The summed E-state index contributed by atoms with van der Waals surface area (Å²) in [5.74, 6) is 0.0425. The minimum Gasteiger partial charge on any atom is -0.465 e. The second kappa shape index (κ2) is 11.9. The van der Waals surface area contributed by atoms with Gasteiger partial charge in [0.05, 0.1) is 12.0 Å². The predicted octanol–water partition coefficient (Wildman–Crippen LogP) is 5.42. The quantitative estimate of drug-likeness (QED) is 0.309. The van der Waals surface area contributed by atoms with Gasteiger partial charge in [-0.05, 0) is 57.7 Å². The lowest BCUT2D eigenvalue weighted by Gasteiger charge is -2.33. The molecule has 0 N–H and O–H groups in total. The molecule has 0 aliphatic heterocycles. The van der Waals surface area contributed by atoms with Gasteiger partial charge in [0.2, 0.25) is 0 Å². The summed E-state index contributed by atoms with van der Waals surface area (Å²) in [7, 11) is 0. The summed E-state index contributed by atoms with van der Waals surface area (Å²) in [5, 5.41) is 0. The Bertz CT molecular complexity index is 850. The summed E-state index contributed by atoms with van der Waals surface area (Å²) >= 11 is 5.29. The van der Waals surface area contributed by atoms with Gasteiger partial charge in [0.15, 0.2) is 4.77 Å². The Kier molecular flexibility index (Phi) is 10.5. The van der Waals surface area contributed by atoms with Crippen molar-refractivity contribution in [1.82, 2.24) is 9.13 Å². The van der Waals surface area contributed by atoms with Crippen LogP contribution in [-0.4, -0.2) is 34.1 Å². The van der Waals surface area contributed by atoms with E-state index < -0.39 is 17.8 Å². The molecule has 1 aromatic heterocycles. The van der Waals surface area contributed by atoms with Gasteiger partial charge in [-0.15, -0.1) is 0 Å². The van der Waals surface area contributed by atoms with Crippen molar-refractivity contribution in [3.63, 3.8) is 0 Å². The molecule has 0 amide bonds. The molecular weight excluding hydrogens is 422 g/mol. The van der Waals surface area contributed by atoms with Crippen LogP contribution in [0.25, 0.3) is 0 Å². The minimum absolute atomic E-state index is 0.0805. The van der Waals surface area contributed by atoms with Crippen LogP contribution in [0.4, 0.5) is 8.78 Å². The molecule has 3 atom stereocenters. The lowest BCUT2D eigenvalue weighted by atomic mass is 9.73. The first kappa shape index (κ1) is 27.5. The van der Waals surface area contributed by atoms with Crippen molar-refractivity contribution >= 4 is 18.2 Å². The highest BCUT2D eigenvalue weighted by molar-refractivity contribution is 7.71. The highest BCUT2D eigenvalue weighted by Gasteiger charge is 2.38. The summed E-state index contributed by atoms with van der Waals surface area (Å²) < 4.78 is 37.4. The molecular formula is C23H38F2N2O3S. The van der Waals surface area contributed by atoms with Gasteiger partial charge in [0, 0.05) is 31.3 Å². The van der Waals surface area contributed by atoms with E-state index >= 15 is 0 Å². The number of aromatic nitrogens is 2. The molecule has 0 spiro atoms. The van der Waals surface area contributed by atoms with Crippen LogP contribution in [0.1, 0.15) is 66.4 Å². The number of carbonyl (C=O) groups excluding carboxylic acids is 1. The zero-order valence-corrected chi connectivity index (χ0v) is 20.7. The zero-order chi connectivity index (χ0) is 23.9. The second-order valence-electron chi connectivity index (χ2n) is 9.25. The smallest absolute Gasteiger partial charge is 0.312 e. The number of alkyl halides is 2. The molecule has 0 saturated carbocycles. The Labute approximate surface area is 189 Å². The minimum atomic E-state index is -1.74. The average molecular weight is 461 g/mol. The number of ether oxygens (including phenoxy) is 1. The third kappa shape index (κ3) is 7.22. The van der Waals surface area contributed by atoms with Crippen LogP contribution in [-0.2, 0) is 22.6 Å². The Balaban J connectivity index is 2.63. The molecule has 0 bridgehead atoms. The fourth-order valence-corrected chi connectivity index (χ4v) is 4.05. The van der Waals surface area contributed by atoms with Crippen molar-refractivity contribution in [3.8, 4) is 0 Å². The van der Waals surface area contributed by atoms with Crippen LogP contribution < -0.4 is 5.56 Å². The second-order valence-corrected chi connectivity index (χ2v) is 9.62. The fraction of sp³-hybridized carbons (Fsp3) is 0.783. The van der Waals surface area contributed by atoms with E-state index in [1.54, 1.807) is 17.7 Å². The highest BCUT2D eigenvalue weighted by atomic mass is 32.1. The molecule has 8 heteroatoms. The first-order valence-electron chi connectivity index (χ1n) is 11.1. The van der Waals surface area contributed by atoms with Gasteiger partial charge >= 0.3 is 5.97 Å². The Morgan fingerprint density at radius 1 is 1.19 bits per heavy atom. The lowest BCUT2D eigenvalue weighted by molar-refractivity contribution is -0.159. The van der Waals surface area contributed by atoms with Gasteiger partial charge in [0.1, 0.15) is 12.3 Å². The molecule has 0 fully saturated rings. The third-order valence-corrected chi connectivity index (χ3v) is 6.42.